The van der Waals surface area contributed by atoms with Crippen molar-refractivity contribution in [1.82, 2.24) is 9.80 Å². The molecule has 44 heavy (non-hydrogen) atoms. The number of benzene rings is 2. The van der Waals surface area contributed by atoms with E-state index in [4.69, 9.17) is 14.2 Å². The van der Waals surface area contributed by atoms with Crippen molar-refractivity contribution >= 4 is 33.3 Å². The van der Waals surface area contributed by atoms with E-state index in [1.807, 2.05) is 13.8 Å². The maximum absolute atomic E-state index is 14.1. The Balaban J connectivity index is 1.88. The maximum atomic E-state index is 14.1. The molecule has 0 radical (unpaired) electrons. The molecule has 1 aliphatic heterocycles. The summed E-state index contributed by atoms with van der Waals surface area (Å²) < 4.78 is 43.9. The van der Waals surface area contributed by atoms with Crippen LogP contribution in [0.5, 0.6) is 11.5 Å². The first-order valence-corrected chi connectivity index (χ1v) is 16.7. The van der Waals surface area contributed by atoms with Crippen LogP contribution < -0.4 is 19.5 Å². The van der Waals surface area contributed by atoms with E-state index in [1.54, 1.807) is 67.3 Å². The monoisotopic (exact) mass is 634 g/mol. The molecule has 4 atom stereocenters. The summed E-state index contributed by atoms with van der Waals surface area (Å²) in [6, 6.07) is 10.8. The van der Waals surface area contributed by atoms with Crippen molar-refractivity contribution in [2.45, 2.75) is 58.3 Å². The van der Waals surface area contributed by atoms with Gasteiger partial charge >= 0.3 is 6.03 Å². The van der Waals surface area contributed by atoms with Gasteiger partial charge in [-0.25, -0.2) is 13.2 Å². The predicted molar refractivity (Wildman–Crippen MR) is 170 cm³/mol. The van der Waals surface area contributed by atoms with Crippen molar-refractivity contribution in [2.24, 2.45) is 5.92 Å². The number of sulfonamides is 1. The van der Waals surface area contributed by atoms with E-state index in [9.17, 15) is 23.1 Å². The first-order chi connectivity index (χ1) is 20.8. The standard InChI is InChI=1S/C31H46N4O8S/c1-21-18-35(22(2)20-36)30(37)27-17-25(33-44(6,39)40)12-15-28(27)43-23(3)9-7-8-16-42-29(21)19-34(4)31(38)32-24-10-13-26(41-5)14-11-24/h10-15,17,21-23,29,33,36H,7-9,16,18-20H2,1-6H3,(H,32,38)/t21-,22+,23+,29+/m1/s1. The van der Waals surface area contributed by atoms with Gasteiger partial charge in [-0.15, -0.1) is 0 Å². The molecule has 0 aliphatic carbocycles. The number of likely N-dealkylation sites (N-methyl/N-ethyl adjacent to an activating group) is 1. The third-order valence-electron chi connectivity index (χ3n) is 7.50. The van der Waals surface area contributed by atoms with Crippen molar-refractivity contribution in [3.05, 3.63) is 48.0 Å². The summed E-state index contributed by atoms with van der Waals surface area (Å²) in [5.74, 6) is 0.358. The summed E-state index contributed by atoms with van der Waals surface area (Å²) >= 11 is 0. The lowest BCUT2D eigenvalue weighted by atomic mass is 10.0. The molecule has 0 saturated heterocycles. The lowest BCUT2D eigenvalue weighted by Gasteiger charge is -2.35. The van der Waals surface area contributed by atoms with Crippen LogP contribution in [0, 0.1) is 5.92 Å². The van der Waals surface area contributed by atoms with Crippen LogP contribution in [0.2, 0.25) is 0 Å². The Kier molecular flexibility index (Phi) is 12.7. The van der Waals surface area contributed by atoms with Crippen LogP contribution in [0.15, 0.2) is 42.5 Å². The Morgan fingerprint density at radius 2 is 1.84 bits per heavy atom. The molecule has 12 nitrogen and oxygen atoms in total. The lowest BCUT2D eigenvalue weighted by molar-refractivity contribution is -0.0115. The number of aliphatic hydroxyl groups is 1. The minimum absolute atomic E-state index is 0.184. The van der Waals surface area contributed by atoms with Gasteiger partial charge in [-0.2, -0.15) is 0 Å². The predicted octanol–water partition coefficient (Wildman–Crippen LogP) is 4.03. The molecule has 0 aromatic heterocycles. The molecular formula is C31H46N4O8S. The topological polar surface area (TPSA) is 147 Å². The third-order valence-corrected chi connectivity index (χ3v) is 8.10. The van der Waals surface area contributed by atoms with Gasteiger partial charge in [0.2, 0.25) is 10.0 Å². The number of rotatable bonds is 8. The van der Waals surface area contributed by atoms with Gasteiger partial charge in [0.05, 0.1) is 43.8 Å². The van der Waals surface area contributed by atoms with Gasteiger partial charge in [0.25, 0.3) is 5.91 Å². The van der Waals surface area contributed by atoms with Gasteiger partial charge in [0.15, 0.2) is 0 Å². The summed E-state index contributed by atoms with van der Waals surface area (Å²) in [6.07, 6.45) is 2.71. The number of aliphatic hydroxyl groups excluding tert-OH is 1. The molecule has 1 heterocycles. The number of urea groups is 1. The highest BCUT2D eigenvalue weighted by Gasteiger charge is 2.31. The molecular weight excluding hydrogens is 588 g/mol. The van der Waals surface area contributed by atoms with Crippen molar-refractivity contribution in [1.29, 1.82) is 0 Å². The van der Waals surface area contributed by atoms with E-state index in [2.05, 4.69) is 10.0 Å². The summed E-state index contributed by atoms with van der Waals surface area (Å²) in [6.45, 7) is 6.24. The Hall–Kier alpha value is -3.55. The molecule has 3 rings (SSSR count). The third kappa shape index (κ3) is 10.3. The molecule has 0 fully saturated rings. The van der Waals surface area contributed by atoms with Gasteiger partial charge in [-0.3, -0.25) is 9.52 Å². The first-order valence-electron chi connectivity index (χ1n) is 14.8. The zero-order chi connectivity index (χ0) is 32.4. The number of nitrogens with one attached hydrogen (secondary N) is 2. The number of carbonyl (C=O) groups is 2. The van der Waals surface area contributed by atoms with Crippen molar-refractivity contribution < 1.29 is 37.3 Å². The van der Waals surface area contributed by atoms with Gasteiger partial charge < -0.3 is 34.4 Å². The smallest absolute Gasteiger partial charge is 0.321 e. The number of hydrogen-bond acceptors (Lipinski definition) is 8. The molecule has 0 unspecified atom stereocenters. The quantitative estimate of drug-likeness (QED) is 0.395. The number of amides is 3. The second-order valence-corrected chi connectivity index (χ2v) is 13.2. The normalized spacial score (nSPS) is 20.8. The minimum atomic E-state index is -3.59. The average Bonchev–Trinajstić information content (AvgIpc) is 2.98. The number of hydrogen-bond donors (Lipinski definition) is 3. The van der Waals surface area contributed by atoms with Crippen molar-refractivity contribution in [2.75, 3.05) is 56.8 Å². The molecule has 0 bridgehead atoms. The summed E-state index contributed by atoms with van der Waals surface area (Å²) in [5.41, 5.74) is 1.03. The number of fused-ring (bicyclic) bond motifs is 1. The van der Waals surface area contributed by atoms with Crippen LogP contribution in [0.4, 0.5) is 16.2 Å². The minimum Gasteiger partial charge on any atom is -0.497 e. The Labute approximate surface area is 260 Å². The van der Waals surface area contributed by atoms with Crippen LogP contribution in [-0.4, -0.2) is 100 Å². The maximum Gasteiger partial charge on any atom is 0.321 e. The molecule has 2 aromatic rings. The molecule has 0 saturated carbocycles. The SMILES string of the molecule is COc1ccc(NC(=O)N(C)C[C@@H]2OCCCC[C@H](C)Oc3ccc(NS(C)(=O)=O)cc3C(=O)N([C@@H](C)CO)C[C@H]2C)cc1. The van der Waals surface area contributed by atoms with E-state index < -0.39 is 28.1 Å². The number of anilines is 2. The summed E-state index contributed by atoms with van der Waals surface area (Å²) in [5, 5.41) is 13.0. The number of methoxy groups -OCH3 is 1. The molecule has 13 heteroatoms. The fraction of sp³-hybridized carbons (Fsp3) is 0.548. The van der Waals surface area contributed by atoms with Crippen LogP contribution in [0.1, 0.15) is 50.4 Å². The highest BCUT2D eigenvalue weighted by Crippen LogP contribution is 2.29. The zero-order valence-corrected chi connectivity index (χ0v) is 27.2. The number of ether oxygens (including phenoxy) is 3. The molecule has 2 aromatic carbocycles. The Morgan fingerprint density at radius 1 is 1.16 bits per heavy atom. The fourth-order valence-corrected chi connectivity index (χ4v) is 5.46. The molecule has 1 aliphatic rings. The van der Waals surface area contributed by atoms with Gasteiger partial charge in [0.1, 0.15) is 11.5 Å². The summed E-state index contributed by atoms with van der Waals surface area (Å²) in [7, 11) is -0.328. The van der Waals surface area contributed by atoms with Crippen LogP contribution in [0.3, 0.4) is 0 Å². The Bertz CT molecular complexity index is 1350. The molecule has 3 amide bonds. The Morgan fingerprint density at radius 3 is 2.48 bits per heavy atom. The lowest BCUT2D eigenvalue weighted by Crippen LogP contribution is -2.48. The van der Waals surface area contributed by atoms with E-state index in [0.717, 1.165) is 19.1 Å². The molecule has 244 valence electrons. The van der Waals surface area contributed by atoms with Crippen LogP contribution >= 0.6 is 0 Å². The van der Waals surface area contributed by atoms with E-state index >= 15 is 0 Å². The summed E-state index contributed by atoms with van der Waals surface area (Å²) in [4.78, 5) is 30.2. The van der Waals surface area contributed by atoms with Crippen LogP contribution in [0.25, 0.3) is 0 Å². The highest BCUT2D eigenvalue weighted by atomic mass is 32.2. The largest absolute Gasteiger partial charge is 0.497 e. The zero-order valence-electron chi connectivity index (χ0n) is 26.4. The second-order valence-electron chi connectivity index (χ2n) is 11.4. The van der Waals surface area contributed by atoms with E-state index in [0.29, 0.717) is 30.2 Å². The van der Waals surface area contributed by atoms with Crippen LogP contribution in [-0.2, 0) is 14.8 Å². The average molecular weight is 635 g/mol. The van der Waals surface area contributed by atoms with E-state index in [-0.39, 0.29) is 49.0 Å². The highest BCUT2D eigenvalue weighted by molar-refractivity contribution is 7.92. The van der Waals surface area contributed by atoms with Gasteiger partial charge in [-0.1, -0.05) is 6.92 Å². The van der Waals surface area contributed by atoms with E-state index in [1.165, 1.54) is 6.07 Å². The number of nitrogens with zero attached hydrogens (tertiary/aromatic N) is 2. The second kappa shape index (κ2) is 16.0. The van der Waals surface area contributed by atoms with Crippen molar-refractivity contribution in [3.8, 4) is 11.5 Å². The molecule has 0 spiro atoms. The first kappa shape index (κ1) is 34.9. The van der Waals surface area contributed by atoms with Gasteiger partial charge in [0, 0.05) is 44.0 Å². The number of carbonyl (C=O) groups excluding carboxylic acids is 2. The van der Waals surface area contributed by atoms with Crippen molar-refractivity contribution in [3.63, 3.8) is 0 Å². The molecule has 3 N–H and O–H groups in total. The van der Waals surface area contributed by atoms with Gasteiger partial charge in [-0.05, 0) is 75.6 Å². The fourth-order valence-electron chi connectivity index (χ4n) is 4.91.